The highest BCUT2D eigenvalue weighted by Gasteiger charge is 2.51. The van der Waals surface area contributed by atoms with Crippen LogP contribution in [0.4, 0.5) is 0 Å². The number of nitrogens with one attached hydrogen (secondary N) is 1. The lowest BCUT2D eigenvalue weighted by atomic mass is 9.49. The van der Waals surface area contributed by atoms with Crippen LogP contribution >= 0.6 is 0 Å². The topological polar surface area (TPSA) is 66.0 Å². The number of amides is 1. The molecule has 6 nitrogen and oxygen atoms in total. The molecule has 5 aliphatic rings. The fourth-order valence-corrected chi connectivity index (χ4v) is 6.76. The Balaban J connectivity index is 0.944. The average Bonchev–Trinajstić information content (AvgIpc) is 3.21. The van der Waals surface area contributed by atoms with E-state index in [4.69, 9.17) is 18.9 Å². The first-order chi connectivity index (χ1) is 14.7. The summed E-state index contributed by atoms with van der Waals surface area (Å²) < 4.78 is 22.1. The molecule has 1 amide bonds. The van der Waals surface area contributed by atoms with Gasteiger partial charge >= 0.3 is 0 Å². The van der Waals surface area contributed by atoms with E-state index in [1.54, 1.807) is 0 Å². The molecule has 0 aromatic rings. The third-order valence-electron chi connectivity index (χ3n) is 7.56. The van der Waals surface area contributed by atoms with Gasteiger partial charge in [0.25, 0.3) is 0 Å². The van der Waals surface area contributed by atoms with E-state index in [-0.39, 0.29) is 12.2 Å². The zero-order valence-electron chi connectivity index (χ0n) is 18.6. The van der Waals surface area contributed by atoms with Crippen LogP contribution < -0.4 is 5.32 Å². The Labute approximate surface area is 181 Å². The molecule has 30 heavy (non-hydrogen) atoms. The van der Waals surface area contributed by atoms with Gasteiger partial charge in [0.15, 0.2) is 6.29 Å². The molecule has 1 aliphatic heterocycles. The largest absolute Gasteiger partial charge is 0.379 e. The number of hydrogen-bond acceptors (Lipinski definition) is 5. The minimum atomic E-state index is 0.0207. The second-order valence-electron chi connectivity index (χ2n) is 10.2. The van der Waals surface area contributed by atoms with E-state index < -0.39 is 0 Å². The van der Waals surface area contributed by atoms with E-state index >= 15 is 0 Å². The number of ether oxygens (including phenoxy) is 4. The quantitative estimate of drug-likeness (QED) is 0.432. The molecule has 4 aliphatic carbocycles. The van der Waals surface area contributed by atoms with Crippen molar-refractivity contribution in [3.05, 3.63) is 0 Å². The van der Waals surface area contributed by atoms with Gasteiger partial charge in [0.2, 0.25) is 5.91 Å². The van der Waals surface area contributed by atoms with Crippen molar-refractivity contribution in [3.8, 4) is 0 Å². The van der Waals surface area contributed by atoms with E-state index in [1.807, 2.05) is 0 Å². The highest BCUT2D eigenvalue weighted by Crippen LogP contribution is 2.61. The molecule has 6 heteroatoms. The number of unbranched alkanes of at least 4 members (excludes halogenated alkanes) is 2. The van der Waals surface area contributed by atoms with Crippen LogP contribution in [0.2, 0.25) is 0 Å². The van der Waals surface area contributed by atoms with Gasteiger partial charge in [0, 0.05) is 19.6 Å². The third kappa shape index (κ3) is 6.65. The second kappa shape index (κ2) is 11.3. The summed E-state index contributed by atoms with van der Waals surface area (Å²) >= 11 is 0. The lowest BCUT2D eigenvalue weighted by Gasteiger charge is -2.56. The van der Waals surface area contributed by atoms with Gasteiger partial charge < -0.3 is 24.3 Å². The van der Waals surface area contributed by atoms with Crippen molar-refractivity contribution < 1.29 is 23.7 Å². The van der Waals surface area contributed by atoms with Crippen LogP contribution in [0, 0.1) is 23.2 Å². The summed E-state index contributed by atoms with van der Waals surface area (Å²) in [6.45, 7) is 4.63. The van der Waals surface area contributed by atoms with Crippen LogP contribution in [0.1, 0.15) is 70.6 Å². The van der Waals surface area contributed by atoms with Gasteiger partial charge in [0.05, 0.1) is 33.0 Å². The molecule has 4 bridgehead atoms. The van der Waals surface area contributed by atoms with Gasteiger partial charge in [-0.25, -0.2) is 0 Å². The van der Waals surface area contributed by atoms with Crippen LogP contribution in [-0.4, -0.2) is 58.4 Å². The molecule has 0 aromatic carbocycles. The second-order valence-corrected chi connectivity index (χ2v) is 10.2. The standard InChI is InChI=1S/C24H41NO5/c26-22(18-24-15-19-12-20(16-24)14-21(13-19)17-24)25-5-7-28-9-8-27-6-3-1-2-4-23-29-10-11-30-23/h19-21,23H,1-18H2,(H,25,26). The van der Waals surface area contributed by atoms with Crippen molar-refractivity contribution in [2.45, 2.75) is 76.9 Å². The van der Waals surface area contributed by atoms with Gasteiger partial charge in [-0.3, -0.25) is 4.79 Å². The van der Waals surface area contributed by atoms with Gasteiger partial charge in [-0.1, -0.05) is 6.42 Å². The molecule has 0 spiro atoms. The maximum Gasteiger partial charge on any atom is 0.220 e. The SMILES string of the molecule is O=C(CC12CC3CC(CC(C3)C1)C2)NCCOCCOCCCCCC1OCCO1. The third-order valence-corrected chi connectivity index (χ3v) is 7.56. The number of carbonyl (C=O) groups excluding carboxylic acids is 1. The monoisotopic (exact) mass is 423 g/mol. The molecule has 4 saturated carbocycles. The fourth-order valence-electron chi connectivity index (χ4n) is 6.76. The first kappa shape index (κ1) is 22.5. The molecule has 0 unspecified atom stereocenters. The van der Waals surface area contributed by atoms with Crippen molar-refractivity contribution in [3.63, 3.8) is 0 Å². The maximum absolute atomic E-state index is 12.5. The highest BCUT2D eigenvalue weighted by atomic mass is 16.7. The summed E-state index contributed by atoms with van der Waals surface area (Å²) in [6.07, 6.45) is 13.2. The summed E-state index contributed by atoms with van der Waals surface area (Å²) in [5.41, 5.74) is 0.324. The Bertz CT molecular complexity index is 498. The molecule has 5 rings (SSSR count). The van der Waals surface area contributed by atoms with E-state index in [9.17, 15) is 4.79 Å². The summed E-state index contributed by atoms with van der Waals surface area (Å²) in [6, 6.07) is 0. The van der Waals surface area contributed by atoms with Crippen molar-refractivity contribution in [1.29, 1.82) is 0 Å². The van der Waals surface area contributed by atoms with E-state index in [1.165, 1.54) is 38.5 Å². The Hall–Kier alpha value is -0.690. The highest BCUT2D eigenvalue weighted by molar-refractivity contribution is 5.76. The summed E-state index contributed by atoms with van der Waals surface area (Å²) in [5.74, 6) is 2.94. The van der Waals surface area contributed by atoms with Crippen molar-refractivity contribution in [2.24, 2.45) is 23.2 Å². The Morgan fingerprint density at radius 3 is 2.13 bits per heavy atom. The van der Waals surface area contributed by atoms with Crippen LogP contribution in [0.3, 0.4) is 0 Å². The van der Waals surface area contributed by atoms with Crippen LogP contribution in [-0.2, 0) is 23.7 Å². The molecule has 1 N–H and O–H groups in total. The minimum absolute atomic E-state index is 0.0207. The summed E-state index contributed by atoms with van der Waals surface area (Å²) in [5, 5.41) is 3.08. The zero-order chi connectivity index (χ0) is 20.7. The normalized spacial score (nSPS) is 32.7. The maximum atomic E-state index is 12.5. The van der Waals surface area contributed by atoms with Crippen LogP contribution in [0.15, 0.2) is 0 Å². The molecule has 0 atom stereocenters. The lowest BCUT2D eigenvalue weighted by Crippen LogP contribution is -2.48. The fraction of sp³-hybridized carbons (Fsp3) is 0.958. The molecule has 5 fully saturated rings. The number of carbonyl (C=O) groups is 1. The summed E-state index contributed by atoms with van der Waals surface area (Å²) in [4.78, 5) is 12.5. The average molecular weight is 424 g/mol. The molecule has 172 valence electrons. The molecule has 1 heterocycles. The van der Waals surface area contributed by atoms with Crippen LogP contribution in [0.5, 0.6) is 0 Å². The van der Waals surface area contributed by atoms with Gasteiger partial charge in [-0.05, 0) is 81.0 Å². The molecular formula is C24H41NO5. The minimum Gasteiger partial charge on any atom is -0.379 e. The molecular weight excluding hydrogens is 382 g/mol. The number of hydrogen-bond donors (Lipinski definition) is 1. The number of rotatable bonds is 14. The zero-order valence-corrected chi connectivity index (χ0v) is 18.6. The first-order valence-electron chi connectivity index (χ1n) is 12.4. The smallest absolute Gasteiger partial charge is 0.220 e. The lowest BCUT2D eigenvalue weighted by molar-refractivity contribution is -0.129. The van der Waals surface area contributed by atoms with E-state index in [0.29, 0.717) is 31.8 Å². The van der Waals surface area contributed by atoms with Crippen LogP contribution in [0.25, 0.3) is 0 Å². The van der Waals surface area contributed by atoms with Gasteiger partial charge in [0.1, 0.15) is 0 Å². The van der Waals surface area contributed by atoms with Gasteiger partial charge in [-0.2, -0.15) is 0 Å². The van der Waals surface area contributed by atoms with E-state index in [2.05, 4.69) is 5.32 Å². The predicted molar refractivity (Wildman–Crippen MR) is 114 cm³/mol. The van der Waals surface area contributed by atoms with E-state index in [0.717, 1.165) is 69.7 Å². The van der Waals surface area contributed by atoms with Crippen molar-refractivity contribution >= 4 is 5.91 Å². The first-order valence-corrected chi connectivity index (χ1v) is 12.4. The Morgan fingerprint density at radius 1 is 0.833 bits per heavy atom. The Kier molecular flexibility index (Phi) is 8.44. The Morgan fingerprint density at radius 2 is 1.47 bits per heavy atom. The molecule has 0 radical (unpaired) electrons. The molecule has 0 aromatic heterocycles. The van der Waals surface area contributed by atoms with Crippen molar-refractivity contribution in [1.82, 2.24) is 5.32 Å². The predicted octanol–water partition coefficient (Wildman–Crippen LogP) is 3.68. The van der Waals surface area contributed by atoms with Crippen molar-refractivity contribution in [2.75, 3.05) is 46.2 Å². The molecule has 1 saturated heterocycles. The van der Waals surface area contributed by atoms with Gasteiger partial charge in [-0.15, -0.1) is 0 Å². The summed E-state index contributed by atoms with van der Waals surface area (Å²) in [7, 11) is 0.